The quantitative estimate of drug-likeness (QED) is 0.616. The first-order valence-corrected chi connectivity index (χ1v) is 5.46. The largest absolute Gasteiger partial charge is 0.274 e. The van der Waals surface area contributed by atoms with Gasteiger partial charge in [0.15, 0.2) is 5.65 Å². The van der Waals surface area contributed by atoms with Crippen molar-refractivity contribution in [1.29, 1.82) is 0 Å². The number of carbonyl (C=O) groups is 1. The summed E-state index contributed by atoms with van der Waals surface area (Å²) in [7, 11) is 0. The number of aromatic nitrogens is 4. The number of H-pyrrole nitrogens is 1. The van der Waals surface area contributed by atoms with Crippen molar-refractivity contribution < 1.29 is 4.79 Å². The summed E-state index contributed by atoms with van der Waals surface area (Å²) < 4.78 is 1.80. The van der Waals surface area contributed by atoms with Gasteiger partial charge in [-0.3, -0.25) is 14.5 Å². The number of aromatic amines is 1. The van der Waals surface area contributed by atoms with E-state index in [1.165, 1.54) is 11.5 Å². The van der Waals surface area contributed by atoms with Crippen molar-refractivity contribution in [2.24, 2.45) is 0 Å². The second-order valence-electron chi connectivity index (χ2n) is 3.68. The normalized spacial score (nSPS) is 11.1. The molecule has 5 nitrogen and oxygen atoms in total. The fourth-order valence-corrected chi connectivity index (χ4v) is 2.10. The summed E-state index contributed by atoms with van der Waals surface area (Å²) in [4.78, 5) is 15.9. The van der Waals surface area contributed by atoms with Crippen LogP contribution in [0.4, 0.5) is 0 Å². The lowest BCUT2D eigenvalue weighted by Gasteiger charge is -1.98. The Morgan fingerprint density at radius 2 is 2.18 bits per heavy atom. The predicted octanol–water partition coefficient (Wildman–Crippen LogP) is 2.30. The summed E-state index contributed by atoms with van der Waals surface area (Å²) in [6, 6.07) is 7.54. The van der Waals surface area contributed by atoms with E-state index in [0.717, 1.165) is 10.9 Å². The number of carbonyl (C=O) groups excluding carboxylic acids is 1. The van der Waals surface area contributed by atoms with Gasteiger partial charge in [0.05, 0.1) is 5.52 Å². The lowest BCUT2D eigenvalue weighted by molar-refractivity contribution is 0.0945. The average molecular weight is 244 g/mol. The van der Waals surface area contributed by atoms with E-state index in [4.69, 9.17) is 12.2 Å². The molecule has 0 fully saturated rings. The van der Waals surface area contributed by atoms with Gasteiger partial charge in [-0.1, -0.05) is 18.2 Å². The average Bonchev–Trinajstić information content (AvgIpc) is 2.62. The maximum Gasteiger partial charge on any atom is 0.229 e. The highest BCUT2D eigenvalue weighted by Crippen LogP contribution is 2.24. The van der Waals surface area contributed by atoms with Crippen LogP contribution in [0.15, 0.2) is 24.3 Å². The molecule has 2 aromatic heterocycles. The molecule has 0 saturated heterocycles. The molecular formula is C11H8N4OS. The number of nitrogens with zero attached hydrogens (tertiary/aromatic N) is 3. The smallest absolute Gasteiger partial charge is 0.229 e. The van der Waals surface area contributed by atoms with Crippen LogP contribution >= 0.6 is 12.2 Å². The van der Waals surface area contributed by atoms with Gasteiger partial charge < -0.3 is 0 Å². The predicted molar refractivity (Wildman–Crippen MR) is 66.5 cm³/mol. The molecule has 0 amide bonds. The number of fused-ring (bicyclic) bond motifs is 3. The molecule has 3 rings (SSSR count). The molecule has 0 saturated carbocycles. The zero-order chi connectivity index (χ0) is 12.0. The molecule has 0 aliphatic carbocycles. The van der Waals surface area contributed by atoms with Crippen LogP contribution in [0.5, 0.6) is 0 Å². The van der Waals surface area contributed by atoms with Crippen molar-refractivity contribution in [2.75, 3.05) is 0 Å². The first-order valence-electron chi connectivity index (χ1n) is 5.05. The SMILES string of the molecule is CC(=O)n1c2ccccc2c2n[nH]c(=S)nc21. The lowest BCUT2D eigenvalue weighted by atomic mass is 10.2. The van der Waals surface area contributed by atoms with Gasteiger partial charge >= 0.3 is 0 Å². The third kappa shape index (κ3) is 1.38. The lowest BCUT2D eigenvalue weighted by Crippen LogP contribution is -2.06. The first kappa shape index (κ1) is 10.1. The fourth-order valence-electron chi connectivity index (χ4n) is 1.97. The Kier molecular flexibility index (Phi) is 2.05. The molecule has 0 bridgehead atoms. The van der Waals surface area contributed by atoms with Gasteiger partial charge in [-0.15, -0.1) is 0 Å². The van der Waals surface area contributed by atoms with Crippen LogP contribution in [0.25, 0.3) is 22.1 Å². The van der Waals surface area contributed by atoms with Crippen LogP contribution < -0.4 is 0 Å². The van der Waals surface area contributed by atoms with Gasteiger partial charge in [0.25, 0.3) is 0 Å². The van der Waals surface area contributed by atoms with E-state index in [1.807, 2.05) is 24.3 Å². The molecule has 6 heteroatoms. The highest BCUT2D eigenvalue weighted by atomic mass is 32.1. The molecule has 2 heterocycles. The molecule has 0 radical (unpaired) electrons. The van der Waals surface area contributed by atoms with E-state index in [1.54, 1.807) is 0 Å². The van der Waals surface area contributed by atoms with E-state index < -0.39 is 0 Å². The second kappa shape index (κ2) is 3.46. The minimum atomic E-state index is -0.105. The van der Waals surface area contributed by atoms with Crippen LogP contribution in [0.2, 0.25) is 0 Å². The Hall–Kier alpha value is -2.08. The van der Waals surface area contributed by atoms with Gasteiger partial charge in [-0.25, -0.2) is 0 Å². The van der Waals surface area contributed by atoms with Crippen LogP contribution in [0.1, 0.15) is 11.7 Å². The number of rotatable bonds is 0. The summed E-state index contributed by atoms with van der Waals surface area (Å²) >= 11 is 4.94. The first-order chi connectivity index (χ1) is 8.18. The summed E-state index contributed by atoms with van der Waals surface area (Å²) in [5.74, 6) is -0.105. The van der Waals surface area contributed by atoms with Crippen molar-refractivity contribution in [2.45, 2.75) is 6.92 Å². The van der Waals surface area contributed by atoms with Crippen molar-refractivity contribution in [1.82, 2.24) is 19.7 Å². The highest BCUT2D eigenvalue weighted by molar-refractivity contribution is 7.71. The van der Waals surface area contributed by atoms with E-state index >= 15 is 0 Å². The molecule has 1 aromatic carbocycles. The molecule has 17 heavy (non-hydrogen) atoms. The number of benzene rings is 1. The minimum Gasteiger partial charge on any atom is -0.274 e. The zero-order valence-electron chi connectivity index (χ0n) is 8.97. The van der Waals surface area contributed by atoms with Crippen molar-refractivity contribution in [3.8, 4) is 0 Å². The Labute approximate surface area is 101 Å². The highest BCUT2D eigenvalue weighted by Gasteiger charge is 2.14. The molecule has 84 valence electrons. The van der Waals surface area contributed by atoms with Crippen LogP contribution in [0, 0.1) is 4.77 Å². The standard InChI is InChI=1S/C11H8N4OS/c1-6(16)15-8-5-3-2-4-7(8)9-10(15)12-11(17)14-13-9/h2-5H,1H3,(H,12,14,17). The number of hydrogen-bond donors (Lipinski definition) is 1. The molecule has 3 aromatic rings. The summed E-state index contributed by atoms with van der Waals surface area (Å²) in [6.45, 7) is 1.49. The zero-order valence-corrected chi connectivity index (χ0v) is 9.78. The monoisotopic (exact) mass is 244 g/mol. The van der Waals surface area contributed by atoms with E-state index in [2.05, 4.69) is 15.2 Å². The van der Waals surface area contributed by atoms with E-state index in [0.29, 0.717) is 11.2 Å². The Balaban J connectivity index is 2.67. The number of hydrogen-bond acceptors (Lipinski definition) is 4. The van der Waals surface area contributed by atoms with Crippen LogP contribution in [0.3, 0.4) is 0 Å². The summed E-state index contributed by atoms with van der Waals surface area (Å²) in [5, 5.41) is 7.68. The van der Waals surface area contributed by atoms with Crippen molar-refractivity contribution >= 4 is 40.2 Å². The maximum absolute atomic E-state index is 11.7. The minimum absolute atomic E-state index is 0.105. The van der Waals surface area contributed by atoms with Gasteiger partial charge in [-0.2, -0.15) is 10.1 Å². The van der Waals surface area contributed by atoms with Gasteiger partial charge in [0.1, 0.15) is 5.52 Å². The van der Waals surface area contributed by atoms with Gasteiger partial charge in [0, 0.05) is 12.3 Å². The van der Waals surface area contributed by atoms with Crippen molar-refractivity contribution in [3.63, 3.8) is 0 Å². The second-order valence-corrected chi connectivity index (χ2v) is 4.07. The molecule has 0 aliphatic heterocycles. The molecule has 1 N–H and O–H groups in total. The Bertz CT molecular complexity index is 802. The van der Waals surface area contributed by atoms with Crippen LogP contribution in [-0.2, 0) is 0 Å². The molecule has 0 unspecified atom stereocenters. The number of nitrogens with one attached hydrogen (secondary N) is 1. The summed E-state index contributed by atoms with van der Waals surface area (Å²) in [5.41, 5.74) is 1.95. The van der Waals surface area contributed by atoms with Gasteiger partial charge in [0.2, 0.25) is 10.7 Å². The van der Waals surface area contributed by atoms with Gasteiger partial charge in [-0.05, 0) is 18.3 Å². The topological polar surface area (TPSA) is 63.6 Å². The molecule has 0 atom stereocenters. The number of para-hydroxylation sites is 1. The van der Waals surface area contributed by atoms with Crippen molar-refractivity contribution in [3.05, 3.63) is 29.0 Å². The molecule has 0 aliphatic rings. The van der Waals surface area contributed by atoms with Crippen LogP contribution in [-0.4, -0.2) is 25.7 Å². The van der Waals surface area contributed by atoms with E-state index in [-0.39, 0.29) is 10.7 Å². The maximum atomic E-state index is 11.7. The third-order valence-corrected chi connectivity index (χ3v) is 2.79. The Morgan fingerprint density at radius 3 is 2.94 bits per heavy atom. The third-order valence-electron chi connectivity index (χ3n) is 2.61. The molecule has 0 spiro atoms. The van der Waals surface area contributed by atoms with E-state index in [9.17, 15) is 4.79 Å². The molecular weight excluding hydrogens is 236 g/mol. The summed E-state index contributed by atoms with van der Waals surface area (Å²) in [6.07, 6.45) is 0. The fraction of sp³-hybridized carbons (Fsp3) is 0.0909. The Morgan fingerprint density at radius 1 is 1.41 bits per heavy atom.